The normalized spacial score (nSPS) is 16.6. The topological polar surface area (TPSA) is 39.5 Å². The van der Waals surface area contributed by atoms with E-state index in [1.165, 1.54) is 35.3 Å². The van der Waals surface area contributed by atoms with E-state index in [1.807, 2.05) is 34.5 Å². The van der Waals surface area contributed by atoms with E-state index < -0.39 is 0 Å². The molecule has 3 aromatic rings. The van der Waals surface area contributed by atoms with Gasteiger partial charge >= 0.3 is 0 Å². The van der Waals surface area contributed by atoms with Crippen LogP contribution in [0.15, 0.2) is 48.1 Å². The van der Waals surface area contributed by atoms with E-state index in [1.54, 1.807) is 14.2 Å². The Morgan fingerprint density at radius 2 is 1.90 bits per heavy atom. The zero-order chi connectivity index (χ0) is 20.1. The Balaban J connectivity index is 1.48. The van der Waals surface area contributed by atoms with Gasteiger partial charge in [0.05, 0.1) is 20.3 Å². The van der Waals surface area contributed by atoms with E-state index in [4.69, 9.17) is 9.47 Å². The van der Waals surface area contributed by atoms with Crippen molar-refractivity contribution in [2.24, 2.45) is 0 Å². The number of aryl methyl sites for hydroxylation is 1. The van der Waals surface area contributed by atoms with Gasteiger partial charge in [-0.25, -0.2) is 0 Å². The molecule has 6 heteroatoms. The van der Waals surface area contributed by atoms with Gasteiger partial charge in [-0.3, -0.25) is 9.58 Å². The van der Waals surface area contributed by atoms with Gasteiger partial charge in [-0.15, -0.1) is 11.3 Å². The third-order valence-corrected chi connectivity index (χ3v) is 6.60. The fraction of sp³-hybridized carbons (Fsp3) is 0.435. The standard InChI is InChI=1S/C23H29N3O2S/c1-27-20-16-18-9-14-25(11-4-3-5-12-26-13-7-10-24-26)23(22-8-6-15-29-22)19(18)17-21(20)28-2/h6-8,10,13,15-17,23H,3-5,9,11-12,14H2,1-2H3. The summed E-state index contributed by atoms with van der Waals surface area (Å²) in [5, 5.41) is 6.46. The number of hydrogen-bond acceptors (Lipinski definition) is 5. The Hall–Kier alpha value is -2.31. The van der Waals surface area contributed by atoms with Crippen LogP contribution in [0.3, 0.4) is 0 Å². The molecule has 0 radical (unpaired) electrons. The van der Waals surface area contributed by atoms with Crippen LogP contribution < -0.4 is 9.47 Å². The maximum atomic E-state index is 5.60. The highest BCUT2D eigenvalue weighted by atomic mass is 32.1. The SMILES string of the molecule is COc1cc2c(cc1OC)C(c1cccs1)N(CCCCCn1cccn1)CC2. The fourth-order valence-corrected chi connectivity index (χ4v) is 5.09. The monoisotopic (exact) mass is 411 g/mol. The van der Waals surface area contributed by atoms with Crippen LogP contribution in [0, 0.1) is 0 Å². The summed E-state index contributed by atoms with van der Waals surface area (Å²) in [6.45, 7) is 3.18. The van der Waals surface area contributed by atoms with E-state index in [0.29, 0.717) is 6.04 Å². The number of unbranched alkanes of at least 4 members (excludes halogenated alkanes) is 2. The first kappa shape index (κ1) is 20.0. The quantitative estimate of drug-likeness (QED) is 0.475. The Kier molecular flexibility index (Phi) is 6.52. The minimum atomic E-state index is 0.296. The van der Waals surface area contributed by atoms with Gasteiger partial charge in [0.15, 0.2) is 11.5 Å². The van der Waals surface area contributed by atoms with Crippen LogP contribution in [-0.4, -0.2) is 42.0 Å². The molecule has 0 spiro atoms. The van der Waals surface area contributed by atoms with Crippen LogP contribution in [0.1, 0.15) is 41.3 Å². The lowest BCUT2D eigenvalue weighted by atomic mass is 9.90. The van der Waals surface area contributed by atoms with Crippen molar-refractivity contribution >= 4 is 11.3 Å². The van der Waals surface area contributed by atoms with E-state index in [9.17, 15) is 0 Å². The first-order valence-corrected chi connectivity index (χ1v) is 11.2. The highest BCUT2D eigenvalue weighted by Crippen LogP contribution is 2.42. The van der Waals surface area contributed by atoms with Crippen molar-refractivity contribution in [3.05, 3.63) is 64.1 Å². The maximum absolute atomic E-state index is 5.60. The third-order valence-electron chi connectivity index (χ3n) is 5.68. The minimum absolute atomic E-state index is 0.296. The van der Waals surface area contributed by atoms with E-state index in [-0.39, 0.29) is 0 Å². The second kappa shape index (κ2) is 9.46. The summed E-state index contributed by atoms with van der Waals surface area (Å²) in [6, 6.07) is 11.0. The molecule has 0 aliphatic carbocycles. The van der Waals surface area contributed by atoms with Gasteiger partial charge in [0.1, 0.15) is 0 Å². The molecule has 4 rings (SSSR count). The van der Waals surface area contributed by atoms with Crippen molar-refractivity contribution in [1.82, 2.24) is 14.7 Å². The van der Waals surface area contributed by atoms with Crippen LogP contribution in [0.2, 0.25) is 0 Å². The molecule has 0 N–H and O–H groups in total. The molecule has 0 bridgehead atoms. The zero-order valence-electron chi connectivity index (χ0n) is 17.2. The summed E-state index contributed by atoms with van der Waals surface area (Å²) in [6.07, 6.45) is 8.51. The van der Waals surface area contributed by atoms with Crippen molar-refractivity contribution in [3.8, 4) is 11.5 Å². The number of benzene rings is 1. The number of hydrogen-bond donors (Lipinski definition) is 0. The Labute approximate surface area is 176 Å². The third kappa shape index (κ3) is 4.49. The van der Waals surface area contributed by atoms with Crippen molar-refractivity contribution in [2.45, 2.75) is 38.3 Å². The van der Waals surface area contributed by atoms with E-state index in [0.717, 1.165) is 37.6 Å². The highest BCUT2D eigenvalue weighted by Gasteiger charge is 2.30. The van der Waals surface area contributed by atoms with Crippen LogP contribution >= 0.6 is 11.3 Å². The molecule has 1 aromatic carbocycles. The number of methoxy groups -OCH3 is 2. The molecule has 29 heavy (non-hydrogen) atoms. The lowest BCUT2D eigenvalue weighted by molar-refractivity contribution is 0.209. The minimum Gasteiger partial charge on any atom is -0.493 e. The van der Waals surface area contributed by atoms with Crippen molar-refractivity contribution in [2.75, 3.05) is 27.3 Å². The lowest BCUT2D eigenvalue weighted by Gasteiger charge is -2.37. The first-order chi connectivity index (χ1) is 14.3. The predicted molar refractivity (Wildman–Crippen MR) is 117 cm³/mol. The number of ether oxygens (including phenoxy) is 2. The number of nitrogens with zero attached hydrogens (tertiary/aromatic N) is 3. The fourth-order valence-electron chi connectivity index (χ4n) is 4.22. The Morgan fingerprint density at radius 3 is 2.62 bits per heavy atom. The maximum Gasteiger partial charge on any atom is 0.161 e. The zero-order valence-corrected chi connectivity index (χ0v) is 18.0. The molecular formula is C23H29N3O2S. The number of aromatic nitrogens is 2. The second-order valence-electron chi connectivity index (χ2n) is 7.44. The molecule has 1 atom stereocenters. The molecule has 0 fully saturated rings. The lowest BCUT2D eigenvalue weighted by Crippen LogP contribution is -2.36. The summed E-state index contributed by atoms with van der Waals surface area (Å²) in [4.78, 5) is 4.03. The summed E-state index contributed by atoms with van der Waals surface area (Å²) >= 11 is 1.84. The molecule has 0 saturated heterocycles. The number of rotatable bonds is 9. The van der Waals surface area contributed by atoms with Gasteiger partial charge in [0.2, 0.25) is 0 Å². The molecule has 2 aromatic heterocycles. The second-order valence-corrected chi connectivity index (χ2v) is 8.42. The van der Waals surface area contributed by atoms with Crippen LogP contribution in [-0.2, 0) is 13.0 Å². The summed E-state index contributed by atoms with van der Waals surface area (Å²) in [7, 11) is 3.42. The van der Waals surface area contributed by atoms with Crippen molar-refractivity contribution < 1.29 is 9.47 Å². The van der Waals surface area contributed by atoms with Gasteiger partial charge in [0.25, 0.3) is 0 Å². The smallest absolute Gasteiger partial charge is 0.161 e. The summed E-state index contributed by atoms with van der Waals surface area (Å²) in [5.41, 5.74) is 2.73. The van der Waals surface area contributed by atoms with Crippen LogP contribution in [0.25, 0.3) is 0 Å². The van der Waals surface area contributed by atoms with Gasteiger partial charge in [-0.2, -0.15) is 5.10 Å². The number of fused-ring (bicyclic) bond motifs is 1. The summed E-state index contributed by atoms with van der Waals surface area (Å²) in [5.74, 6) is 1.64. The molecule has 3 heterocycles. The highest BCUT2D eigenvalue weighted by molar-refractivity contribution is 7.10. The number of thiophene rings is 1. The largest absolute Gasteiger partial charge is 0.493 e. The molecule has 1 aliphatic rings. The molecule has 5 nitrogen and oxygen atoms in total. The molecule has 1 unspecified atom stereocenters. The molecule has 1 aliphatic heterocycles. The van der Waals surface area contributed by atoms with Gasteiger partial charge < -0.3 is 9.47 Å². The Bertz CT molecular complexity index is 893. The molecule has 0 saturated carbocycles. The molecular weight excluding hydrogens is 382 g/mol. The Morgan fingerprint density at radius 1 is 1.07 bits per heavy atom. The average Bonchev–Trinajstić information content (AvgIpc) is 3.46. The van der Waals surface area contributed by atoms with Gasteiger partial charge in [-0.1, -0.05) is 12.5 Å². The predicted octanol–water partition coefficient (Wildman–Crippen LogP) is 4.78. The van der Waals surface area contributed by atoms with Crippen molar-refractivity contribution in [3.63, 3.8) is 0 Å². The first-order valence-electron chi connectivity index (χ1n) is 10.3. The van der Waals surface area contributed by atoms with E-state index in [2.05, 4.69) is 39.6 Å². The van der Waals surface area contributed by atoms with Crippen LogP contribution in [0.5, 0.6) is 11.5 Å². The molecule has 154 valence electrons. The van der Waals surface area contributed by atoms with Crippen molar-refractivity contribution in [1.29, 1.82) is 0 Å². The average molecular weight is 412 g/mol. The molecule has 0 amide bonds. The summed E-state index contributed by atoms with van der Waals surface area (Å²) < 4.78 is 13.2. The van der Waals surface area contributed by atoms with Gasteiger partial charge in [-0.05, 0) is 66.6 Å². The van der Waals surface area contributed by atoms with E-state index >= 15 is 0 Å². The van der Waals surface area contributed by atoms with Gasteiger partial charge in [0, 0.05) is 30.4 Å². The van der Waals surface area contributed by atoms with Crippen LogP contribution in [0.4, 0.5) is 0 Å².